The number of carbonyl (C=O) groups is 1. The normalized spacial score (nSPS) is 14.3. The number of likely N-dealkylation sites (tertiary alicyclic amines) is 1. The summed E-state index contributed by atoms with van der Waals surface area (Å²) in [6.45, 7) is 0.602. The number of nitrogens with zero attached hydrogens (tertiary/aromatic N) is 5. The predicted molar refractivity (Wildman–Crippen MR) is 94.5 cm³/mol. The number of rotatable bonds is 4. The van der Waals surface area contributed by atoms with Gasteiger partial charge in [-0.25, -0.2) is 4.79 Å². The molecule has 144 valence electrons. The van der Waals surface area contributed by atoms with Gasteiger partial charge in [0.25, 0.3) is 11.2 Å². The van der Waals surface area contributed by atoms with Gasteiger partial charge < -0.3 is 14.7 Å². The fraction of sp³-hybridized carbons (Fsp3) is 0.294. The van der Waals surface area contributed by atoms with Gasteiger partial charge in [-0.1, -0.05) is 0 Å². The van der Waals surface area contributed by atoms with Crippen molar-refractivity contribution in [1.82, 2.24) is 14.7 Å². The average Bonchev–Trinajstić information content (AvgIpc) is 2.68. The quantitative estimate of drug-likeness (QED) is 0.614. The zero-order valence-corrected chi connectivity index (χ0v) is 14.5. The van der Waals surface area contributed by atoms with E-state index in [1.54, 1.807) is 0 Å². The van der Waals surface area contributed by atoms with Crippen LogP contribution < -0.4 is 10.3 Å². The third-order valence-corrected chi connectivity index (χ3v) is 4.31. The Morgan fingerprint density at radius 1 is 1.32 bits per heavy atom. The summed E-state index contributed by atoms with van der Waals surface area (Å²) in [5, 5.41) is 33.1. The highest BCUT2D eigenvalue weighted by Crippen LogP contribution is 2.21. The van der Waals surface area contributed by atoms with Crippen LogP contribution in [0.15, 0.2) is 35.1 Å². The summed E-state index contributed by atoms with van der Waals surface area (Å²) in [7, 11) is 0. The van der Waals surface area contributed by atoms with E-state index in [1.807, 2.05) is 6.07 Å². The van der Waals surface area contributed by atoms with Crippen LogP contribution in [0.25, 0.3) is 5.69 Å². The second-order valence-electron chi connectivity index (χ2n) is 6.08. The van der Waals surface area contributed by atoms with Gasteiger partial charge in [-0.2, -0.15) is 9.94 Å². The summed E-state index contributed by atoms with van der Waals surface area (Å²) in [4.78, 5) is 34.8. The molecule has 11 heteroatoms. The number of non-ortho nitro benzene ring substituents is 1. The first-order chi connectivity index (χ1) is 13.4. The van der Waals surface area contributed by atoms with Gasteiger partial charge in [0.15, 0.2) is 5.75 Å². The van der Waals surface area contributed by atoms with Crippen LogP contribution in [0, 0.1) is 21.4 Å². The number of ether oxygens (including phenoxy) is 1. The standard InChI is InChI=1S/C17H15N5O6/c18-10-14-15(28-13-5-7-20(8-6-13)17(24)25)9-16(23)21(19-14)11-1-3-12(4-2-11)22(26)27/h1-4,9,13H,5-8H2,(H,24,25). The van der Waals surface area contributed by atoms with Crippen LogP contribution in [0.3, 0.4) is 0 Å². The van der Waals surface area contributed by atoms with Crippen molar-refractivity contribution < 1.29 is 19.6 Å². The number of aromatic nitrogens is 2. The summed E-state index contributed by atoms with van der Waals surface area (Å²) in [5.74, 6) is 0.0273. The molecule has 0 atom stereocenters. The molecule has 3 rings (SSSR count). The van der Waals surface area contributed by atoms with Crippen molar-refractivity contribution in [3.8, 4) is 17.5 Å². The molecule has 0 spiro atoms. The number of hydrogen-bond acceptors (Lipinski definition) is 7. The van der Waals surface area contributed by atoms with Gasteiger partial charge in [-0.3, -0.25) is 14.9 Å². The molecular weight excluding hydrogens is 370 g/mol. The number of nitriles is 1. The minimum absolute atomic E-state index is 0.0273. The van der Waals surface area contributed by atoms with E-state index in [1.165, 1.54) is 29.2 Å². The number of carboxylic acid groups (broad SMARTS) is 1. The van der Waals surface area contributed by atoms with Crippen LogP contribution >= 0.6 is 0 Å². The molecule has 0 aliphatic carbocycles. The van der Waals surface area contributed by atoms with E-state index < -0.39 is 16.6 Å². The first-order valence-electron chi connectivity index (χ1n) is 8.33. The van der Waals surface area contributed by atoms with Crippen molar-refractivity contribution in [2.75, 3.05) is 13.1 Å². The first-order valence-corrected chi connectivity index (χ1v) is 8.33. The van der Waals surface area contributed by atoms with Crippen molar-refractivity contribution in [3.63, 3.8) is 0 Å². The third kappa shape index (κ3) is 3.90. The minimum atomic E-state index is -0.997. The van der Waals surface area contributed by atoms with Crippen molar-refractivity contribution in [1.29, 1.82) is 5.26 Å². The molecular formula is C17H15N5O6. The molecule has 0 radical (unpaired) electrons. The molecule has 2 heterocycles. The van der Waals surface area contributed by atoms with Crippen molar-refractivity contribution >= 4 is 11.8 Å². The van der Waals surface area contributed by atoms with Crippen LogP contribution in [0.4, 0.5) is 10.5 Å². The molecule has 28 heavy (non-hydrogen) atoms. The molecule has 0 bridgehead atoms. The first kappa shape index (κ1) is 18.8. The number of hydrogen-bond donors (Lipinski definition) is 1. The summed E-state index contributed by atoms with van der Waals surface area (Å²) in [6.07, 6.45) is -0.465. The van der Waals surface area contributed by atoms with Gasteiger partial charge in [0.1, 0.15) is 12.2 Å². The van der Waals surface area contributed by atoms with E-state index >= 15 is 0 Å². The highest BCUT2D eigenvalue weighted by Gasteiger charge is 2.25. The summed E-state index contributed by atoms with van der Waals surface area (Å²) in [5.41, 5.74) is -0.539. The Bertz CT molecular complexity index is 1000. The Kier molecular flexibility index (Phi) is 5.21. The molecule has 1 fully saturated rings. The SMILES string of the molecule is N#Cc1nn(-c2ccc([N+](=O)[O-])cc2)c(=O)cc1OC1CCN(C(=O)O)CC1. The summed E-state index contributed by atoms with van der Waals surface area (Å²) in [6, 6.07) is 8.18. The van der Waals surface area contributed by atoms with Gasteiger partial charge in [-0.05, 0) is 12.1 Å². The van der Waals surface area contributed by atoms with Gasteiger partial charge in [0, 0.05) is 38.1 Å². The highest BCUT2D eigenvalue weighted by atomic mass is 16.6. The second-order valence-corrected chi connectivity index (χ2v) is 6.08. The van der Waals surface area contributed by atoms with Gasteiger partial charge in [0.05, 0.1) is 16.7 Å². The molecule has 11 nitrogen and oxygen atoms in total. The summed E-state index contributed by atoms with van der Waals surface area (Å²) >= 11 is 0. The zero-order valence-electron chi connectivity index (χ0n) is 14.5. The topological polar surface area (TPSA) is 152 Å². The van der Waals surface area contributed by atoms with Crippen molar-refractivity contribution in [2.24, 2.45) is 0 Å². The lowest BCUT2D eigenvalue weighted by atomic mass is 10.1. The maximum Gasteiger partial charge on any atom is 0.407 e. The molecule has 1 aromatic carbocycles. The highest BCUT2D eigenvalue weighted by molar-refractivity contribution is 5.65. The Morgan fingerprint density at radius 2 is 1.96 bits per heavy atom. The van der Waals surface area contributed by atoms with Crippen LogP contribution in [0.1, 0.15) is 18.5 Å². The zero-order chi connectivity index (χ0) is 20.3. The second kappa shape index (κ2) is 7.75. The maximum absolute atomic E-state index is 12.4. The van der Waals surface area contributed by atoms with Crippen LogP contribution in [0.2, 0.25) is 0 Å². The van der Waals surface area contributed by atoms with Gasteiger partial charge in [0.2, 0.25) is 5.69 Å². The smallest absolute Gasteiger partial charge is 0.407 e. The van der Waals surface area contributed by atoms with Gasteiger partial charge in [-0.15, -0.1) is 5.10 Å². The molecule has 1 saturated heterocycles. The van der Waals surface area contributed by atoms with Crippen LogP contribution in [-0.4, -0.2) is 50.0 Å². The fourth-order valence-corrected chi connectivity index (χ4v) is 2.85. The largest absolute Gasteiger partial charge is 0.487 e. The Morgan fingerprint density at radius 3 is 2.50 bits per heavy atom. The van der Waals surface area contributed by atoms with E-state index in [2.05, 4.69) is 5.10 Å². The predicted octanol–water partition coefficient (Wildman–Crippen LogP) is 1.53. The van der Waals surface area contributed by atoms with Crippen molar-refractivity contribution in [3.05, 3.63) is 56.5 Å². The Balaban J connectivity index is 1.82. The lowest BCUT2D eigenvalue weighted by Gasteiger charge is -2.30. The molecule has 1 aliphatic heterocycles. The van der Waals surface area contributed by atoms with Crippen LogP contribution in [0.5, 0.6) is 5.75 Å². The number of benzene rings is 1. The molecule has 0 saturated carbocycles. The Hall–Kier alpha value is -3.94. The lowest BCUT2D eigenvalue weighted by Crippen LogP contribution is -2.41. The lowest BCUT2D eigenvalue weighted by molar-refractivity contribution is -0.384. The molecule has 0 unspecified atom stereocenters. The molecule has 2 aromatic rings. The Labute approximate surface area is 158 Å². The molecule has 1 N–H and O–H groups in total. The fourth-order valence-electron chi connectivity index (χ4n) is 2.85. The molecule has 1 amide bonds. The monoisotopic (exact) mass is 385 g/mol. The van der Waals surface area contributed by atoms with E-state index in [9.17, 15) is 25.0 Å². The third-order valence-electron chi connectivity index (χ3n) is 4.31. The van der Waals surface area contributed by atoms with Crippen molar-refractivity contribution in [2.45, 2.75) is 18.9 Å². The number of nitro benzene ring substituents is 1. The molecule has 1 aliphatic rings. The van der Waals surface area contributed by atoms with E-state index in [4.69, 9.17) is 9.84 Å². The number of amides is 1. The number of piperidine rings is 1. The van der Waals surface area contributed by atoms with E-state index in [0.717, 1.165) is 10.7 Å². The van der Waals surface area contributed by atoms with Crippen LogP contribution in [-0.2, 0) is 0 Å². The van der Waals surface area contributed by atoms with E-state index in [0.29, 0.717) is 25.9 Å². The number of nitro groups is 1. The van der Waals surface area contributed by atoms with Gasteiger partial charge >= 0.3 is 6.09 Å². The maximum atomic E-state index is 12.4. The van der Waals surface area contributed by atoms with E-state index in [-0.39, 0.29) is 28.9 Å². The molecule has 1 aromatic heterocycles. The average molecular weight is 385 g/mol. The summed E-state index contributed by atoms with van der Waals surface area (Å²) < 4.78 is 6.68. The minimum Gasteiger partial charge on any atom is -0.487 e.